The molecule has 0 atom stereocenters. The second-order valence-corrected chi connectivity index (χ2v) is 14.6. The van der Waals surface area contributed by atoms with Crippen LogP contribution in [0.1, 0.15) is 0 Å². The minimum atomic E-state index is 1.08. The third kappa shape index (κ3) is 5.51. The Morgan fingerprint density at radius 1 is 0.263 bits per heavy atom. The van der Waals surface area contributed by atoms with Gasteiger partial charge in [-0.05, 0) is 118 Å². The summed E-state index contributed by atoms with van der Waals surface area (Å²) in [5.41, 5.74) is 10.1. The van der Waals surface area contributed by atoms with Gasteiger partial charge < -0.3 is 14.4 Å². The van der Waals surface area contributed by atoms with E-state index < -0.39 is 0 Å². The lowest BCUT2D eigenvalue weighted by molar-refractivity contribution is 1.18. The van der Waals surface area contributed by atoms with E-state index in [1.165, 1.54) is 54.1 Å². The summed E-state index contributed by atoms with van der Waals surface area (Å²) in [4.78, 5) is 4.75. The standard InChI is InChI=1S/C54H37N3/c1-4-16-39(17-5-1)55(40-18-6-2-7-19-40)42-28-30-43(31-29-42)56(52-26-14-24-46-48-33-27-38-15-10-11-22-45(38)47(48)34-35-50(46)52)44-32-36-54-51(37-44)49-23-12-13-25-53(49)57(54)41-20-8-3-9-21-41/h1-37H. The second kappa shape index (κ2) is 13.6. The summed E-state index contributed by atoms with van der Waals surface area (Å²) >= 11 is 0. The number of rotatable bonds is 7. The number of aromatic nitrogens is 1. The van der Waals surface area contributed by atoms with Crippen LogP contribution in [-0.4, -0.2) is 4.57 Å². The van der Waals surface area contributed by atoms with E-state index in [4.69, 9.17) is 0 Å². The quantitative estimate of drug-likeness (QED) is 0.151. The molecule has 3 heteroatoms. The van der Waals surface area contributed by atoms with E-state index in [9.17, 15) is 0 Å². The zero-order valence-corrected chi connectivity index (χ0v) is 31.2. The van der Waals surface area contributed by atoms with Gasteiger partial charge in [0, 0.05) is 50.3 Å². The van der Waals surface area contributed by atoms with Crippen LogP contribution in [0.3, 0.4) is 0 Å². The highest BCUT2D eigenvalue weighted by molar-refractivity contribution is 6.20. The number of para-hydroxylation sites is 4. The molecular formula is C54H37N3. The van der Waals surface area contributed by atoms with Crippen molar-refractivity contribution in [1.29, 1.82) is 0 Å². The van der Waals surface area contributed by atoms with Crippen LogP contribution in [0.15, 0.2) is 224 Å². The Balaban J connectivity index is 1.13. The summed E-state index contributed by atoms with van der Waals surface area (Å²) < 4.78 is 2.38. The fourth-order valence-electron chi connectivity index (χ4n) is 8.77. The zero-order chi connectivity index (χ0) is 37.7. The van der Waals surface area contributed by atoms with Gasteiger partial charge in [-0.25, -0.2) is 0 Å². The molecular weight excluding hydrogens is 691 g/mol. The number of hydrogen-bond donors (Lipinski definition) is 0. The zero-order valence-electron chi connectivity index (χ0n) is 31.2. The third-order valence-electron chi connectivity index (χ3n) is 11.3. The first-order valence-electron chi connectivity index (χ1n) is 19.5. The Kier molecular flexibility index (Phi) is 7.82. The average molecular weight is 728 g/mol. The van der Waals surface area contributed by atoms with Crippen molar-refractivity contribution in [2.45, 2.75) is 0 Å². The van der Waals surface area contributed by atoms with E-state index in [2.05, 4.69) is 239 Å². The SMILES string of the molecule is c1ccc(N(c2ccccc2)c2ccc(N(c3ccc4c(c3)c3ccccc3n4-c3ccccc3)c3cccc4c3ccc3c5ccccc5ccc43)cc2)cc1. The molecule has 11 aromatic rings. The summed E-state index contributed by atoms with van der Waals surface area (Å²) in [5, 5.41) is 9.93. The van der Waals surface area contributed by atoms with Crippen LogP contribution in [0.5, 0.6) is 0 Å². The molecule has 0 aliphatic rings. The van der Waals surface area contributed by atoms with Crippen LogP contribution >= 0.6 is 0 Å². The molecule has 0 saturated carbocycles. The highest BCUT2D eigenvalue weighted by Gasteiger charge is 2.21. The lowest BCUT2D eigenvalue weighted by atomic mass is 9.96. The van der Waals surface area contributed by atoms with Crippen molar-refractivity contribution < 1.29 is 0 Å². The van der Waals surface area contributed by atoms with Crippen LogP contribution in [-0.2, 0) is 0 Å². The predicted octanol–water partition coefficient (Wildman–Crippen LogP) is 15.2. The summed E-state index contributed by atoms with van der Waals surface area (Å²) in [6, 6.07) is 81.1. The third-order valence-corrected chi connectivity index (χ3v) is 11.3. The molecule has 0 N–H and O–H groups in total. The van der Waals surface area contributed by atoms with E-state index in [0.717, 1.165) is 39.8 Å². The van der Waals surface area contributed by atoms with Gasteiger partial charge in [-0.15, -0.1) is 0 Å². The summed E-state index contributed by atoms with van der Waals surface area (Å²) in [6.45, 7) is 0. The molecule has 11 rings (SSSR count). The molecule has 0 saturated heterocycles. The monoisotopic (exact) mass is 727 g/mol. The highest BCUT2D eigenvalue weighted by Crippen LogP contribution is 2.45. The lowest BCUT2D eigenvalue weighted by Gasteiger charge is -2.29. The van der Waals surface area contributed by atoms with Crippen molar-refractivity contribution in [2.75, 3.05) is 9.80 Å². The Morgan fingerprint density at radius 2 is 0.754 bits per heavy atom. The van der Waals surface area contributed by atoms with Crippen molar-refractivity contribution in [3.63, 3.8) is 0 Å². The van der Waals surface area contributed by atoms with E-state index in [1.807, 2.05) is 0 Å². The largest absolute Gasteiger partial charge is 0.311 e. The number of nitrogens with zero attached hydrogens (tertiary/aromatic N) is 3. The second-order valence-electron chi connectivity index (χ2n) is 14.6. The van der Waals surface area contributed by atoms with Crippen molar-refractivity contribution >= 4 is 88.2 Å². The van der Waals surface area contributed by atoms with Crippen molar-refractivity contribution in [1.82, 2.24) is 4.57 Å². The number of anilines is 6. The van der Waals surface area contributed by atoms with Crippen LogP contribution < -0.4 is 9.80 Å². The van der Waals surface area contributed by atoms with Gasteiger partial charge in [-0.1, -0.05) is 133 Å². The van der Waals surface area contributed by atoms with E-state index >= 15 is 0 Å². The minimum Gasteiger partial charge on any atom is -0.311 e. The Labute approximate surface area is 331 Å². The van der Waals surface area contributed by atoms with Crippen molar-refractivity contribution in [2.24, 2.45) is 0 Å². The average Bonchev–Trinajstić information content (AvgIpc) is 3.62. The first-order valence-corrected chi connectivity index (χ1v) is 19.5. The molecule has 0 bridgehead atoms. The maximum Gasteiger partial charge on any atom is 0.0542 e. The molecule has 57 heavy (non-hydrogen) atoms. The van der Waals surface area contributed by atoms with Gasteiger partial charge in [-0.3, -0.25) is 0 Å². The first kappa shape index (κ1) is 32.8. The molecule has 0 fully saturated rings. The lowest BCUT2D eigenvalue weighted by Crippen LogP contribution is -2.12. The van der Waals surface area contributed by atoms with Crippen molar-refractivity contribution in [3.05, 3.63) is 224 Å². The Morgan fingerprint density at radius 3 is 1.49 bits per heavy atom. The number of fused-ring (bicyclic) bond motifs is 8. The molecule has 268 valence electrons. The molecule has 0 spiro atoms. The fraction of sp³-hybridized carbons (Fsp3) is 0. The number of hydrogen-bond acceptors (Lipinski definition) is 2. The number of benzene rings is 10. The molecule has 0 amide bonds. The van der Waals surface area contributed by atoms with Gasteiger partial charge in [0.1, 0.15) is 0 Å². The topological polar surface area (TPSA) is 11.4 Å². The van der Waals surface area contributed by atoms with Gasteiger partial charge in [-0.2, -0.15) is 0 Å². The molecule has 0 aliphatic heterocycles. The van der Waals surface area contributed by atoms with Crippen LogP contribution in [0, 0.1) is 0 Å². The van der Waals surface area contributed by atoms with E-state index in [-0.39, 0.29) is 0 Å². The highest BCUT2D eigenvalue weighted by atomic mass is 15.2. The predicted molar refractivity (Wildman–Crippen MR) is 243 cm³/mol. The van der Waals surface area contributed by atoms with Crippen LogP contribution in [0.2, 0.25) is 0 Å². The molecule has 1 aromatic heterocycles. The summed E-state index contributed by atoms with van der Waals surface area (Å²) in [6.07, 6.45) is 0. The molecule has 3 nitrogen and oxygen atoms in total. The smallest absolute Gasteiger partial charge is 0.0542 e. The molecule has 1 heterocycles. The Hall–Kier alpha value is -7.62. The summed E-state index contributed by atoms with van der Waals surface area (Å²) in [5.74, 6) is 0. The van der Waals surface area contributed by atoms with Crippen molar-refractivity contribution in [3.8, 4) is 5.69 Å². The minimum absolute atomic E-state index is 1.08. The van der Waals surface area contributed by atoms with E-state index in [0.29, 0.717) is 0 Å². The van der Waals surface area contributed by atoms with Gasteiger partial charge in [0.2, 0.25) is 0 Å². The van der Waals surface area contributed by atoms with E-state index in [1.54, 1.807) is 0 Å². The maximum atomic E-state index is 2.43. The summed E-state index contributed by atoms with van der Waals surface area (Å²) in [7, 11) is 0. The van der Waals surface area contributed by atoms with Gasteiger partial charge in [0.05, 0.1) is 16.7 Å². The first-order chi connectivity index (χ1) is 28.3. The molecule has 0 aliphatic carbocycles. The van der Waals surface area contributed by atoms with Gasteiger partial charge in [0.25, 0.3) is 0 Å². The molecule has 10 aromatic carbocycles. The van der Waals surface area contributed by atoms with Gasteiger partial charge >= 0.3 is 0 Å². The normalized spacial score (nSPS) is 11.5. The van der Waals surface area contributed by atoms with Crippen LogP contribution in [0.25, 0.3) is 59.8 Å². The molecule has 0 radical (unpaired) electrons. The van der Waals surface area contributed by atoms with Crippen LogP contribution in [0.4, 0.5) is 34.1 Å². The Bertz CT molecular complexity index is 3180. The van der Waals surface area contributed by atoms with Gasteiger partial charge in [0.15, 0.2) is 0 Å². The molecule has 0 unspecified atom stereocenters. The maximum absolute atomic E-state index is 2.43. The fourth-order valence-corrected chi connectivity index (χ4v) is 8.77.